The van der Waals surface area contributed by atoms with Gasteiger partial charge in [0.1, 0.15) is 5.41 Å². The van der Waals surface area contributed by atoms with Crippen molar-refractivity contribution in [1.82, 2.24) is 0 Å². The second-order valence-corrected chi connectivity index (χ2v) is 9.34. The highest BCUT2D eigenvalue weighted by Gasteiger charge is 2.72. The molecule has 1 spiro atoms. The number of esters is 1. The molecule has 0 aromatic heterocycles. The molecule has 2 atom stereocenters. The van der Waals surface area contributed by atoms with Crippen LogP contribution in [0.4, 0.5) is 11.4 Å². The van der Waals surface area contributed by atoms with Crippen molar-refractivity contribution >= 4 is 23.3 Å². The van der Waals surface area contributed by atoms with Gasteiger partial charge in [0, 0.05) is 29.3 Å². The summed E-state index contributed by atoms with van der Waals surface area (Å²) in [7, 11) is 0. The monoisotopic (exact) mass is 518 g/mol. The quantitative estimate of drug-likeness (QED) is 0.262. The van der Waals surface area contributed by atoms with Crippen molar-refractivity contribution < 1.29 is 19.2 Å². The Morgan fingerprint density at radius 1 is 1.03 bits per heavy atom. The van der Waals surface area contributed by atoms with E-state index in [2.05, 4.69) is 12.1 Å². The zero-order valence-corrected chi connectivity index (χ0v) is 20.9. The predicted octanol–water partition coefficient (Wildman–Crippen LogP) is 4.70. The maximum atomic E-state index is 14.7. The Kier molecular flexibility index (Phi) is 6.21. The number of allylic oxidation sites excluding steroid dienone is 1. The van der Waals surface area contributed by atoms with E-state index in [9.17, 15) is 30.2 Å². The normalized spacial score (nSPS) is 20.6. The minimum Gasteiger partial charge on any atom is -0.463 e. The summed E-state index contributed by atoms with van der Waals surface area (Å²) in [5.41, 5.74) is -1.96. The summed E-state index contributed by atoms with van der Waals surface area (Å²) in [4.78, 5) is 40.4. The molecular weight excluding hydrogens is 496 g/mol. The summed E-state index contributed by atoms with van der Waals surface area (Å²) >= 11 is 0. The number of hydrogen-bond donors (Lipinski definition) is 0. The molecule has 192 valence electrons. The fraction of sp³-hybridized carbons (Fsp3) is 0.200. The van der Waals surface area contributed by atoms with E-state index in [4.69, 9.17) is 4.74 Å². The van der Waals surface area contributed by atoms with E-state index in [1.165, 1.54) is 35.2 Å². The molecule has 0 saturated heterocycles. The van der Waals surface area contributed by atoms with Crippen molar-refractivity contribution in [2.24, 2.45) is 5.41 Å². The van der Waals surface area contributed by atoms with Crippen molar-refractivity contribution in [2.75, 3.05) is 11.5 Å². The Balaban J connectivity index is 1.81. The Hall–Kier alpha value is -5.28. The first-order valence-electron chi connectivity index (χ1n) is 12.3. The average molecular weight is 519 g/mol. The molecule has 39 heavy (non-hydrogen) atoms. The summed E-state index contributed by atoms with van der Waals surface area (Å²) in [5.74, 6) is -2.40. The van der Waals surface area contributed by atoms with E-state index in [-0.39, 0.29) is 24.4 Å². The van der Waals surface area contributed by atoms with Crippen LogP contribution in [0.2, 0.25) is 0 Å². The topological polar surface area (TPSA) is 137 Å². The molecule has 5 rings (SSSR count). The highest BCUT2D eigenvalue weighted by molar-refractivity contribution is 6.13. The molecule has 9 heteroatoms. The predicted molar refractivity (Wildman–Crippen MR) is 140 cm³/mol. The van der Waals surface area contributed by atoms with Crippen LogP contribution in [0.5, 0.6) is 0 Å². The van der Waals surface area contributed by atoms with E-state index in [0.29, 0.717) is 16.8 Å². The number of non-ortho nitro benzene ring substituents is 1. The minimum absolute atomic E-state index is 0.0153. The number of amides is 1. The maximum absolute atomic E-state index is 14.7. The zero-order valence-electron chi connectivity index (χ0n) is 20.9. The number of nitro benzene ring substituents is 1. The number of hydrogen-bond acceptors (Lipinski definition) is 7. The van der Waals surface area contributed by atoms with Crippen LogP contribution in [0.3, 0.4) is 0 Å². The van der Waals surface area contributed by atoms with Gasteiger partial charge in [0.2, 0.25) is 5.91 Å². The number of carbonyl (C=O) groups excluding carboxylic acids is 2. The van der Waals surface area contributed by atoms with Crippen molar-refractivity contribution in [2.45, 2.75) is 24.8 Å². The molecule has 0 bridgehead atoms. The minimum atomic E-state index is -2.07. The smallest absolute Gasteiger partial charge is 0.334 e. The van der Waals surface area contributed by atoms with Gasteiger partial charge in [0.05, 0.1) is 30.2 Å². The molecule has 1 heterocycles. The Bertz CT molecular complexity index is 1590. The first kappa shape index (κ1) is 25.4. The highest BCUT2D eigenvalue weighted by atomic mass is 16.6. The molecule has 9 nitrogen and oxygen atoms in total. The number of nitrogens with zero attached hydrogens (tertiary/aromatic N) is 4. The number of nitro groups is 1. The van der Waals surface area contributed by atoms with Crippen LogP contribution in [0.1, 0.15) is 29.5 Å². The second kappa shape index (κ2) is 9.55. The Morgan fingerprint density at radius 3 is 2.28 bits per heavy atom. The first-order valence-corrected chi connectivity index (χ1v) is 12.3. The van der Waals surface area contributed by atoms with Crippen molar-refractivity contribution in [3.05, 3.63) is 117 Å². The van der Waals surface area contributed by atoms with Gasteiger partial charge in [-0.05, 0) is 35.8 Å². The van der Waals surface area contributed by atoms with Crippen LogP contribution in [-0.4, -0.2) is 23.4 Å². The summed E-state index contributed by atoms with van der Waals surface area (Å²) in [6.45, 7) is 1.84. The number of para-hydroxylation sites is 1. The van der Waals surface area contributed by atoms with Crippen LogP contribution >= 0.6 is 0 Å². The van der Waals surface area contributed by atoms with Crippen LogP contribution in [0.25, 0.3) is 0 Å². The summed E-state index contributed by atoms with van der Waals surface area (Å²) in [6, 6.07) is 25.8. The summed E-state index contributed by atoms with van der Waals surface area (Å²) in [5, 5.41) is 32.4. The SMILES string of the molecule is CCOC(=O)C1=CC(C#N)(C#N)[C@@]2(C(=O)N(Cc3ccccc3)c3ccccc32)[C@H]1c1ccc([N+](=O)[O-])cc1. The second-order valence-electron chi connectivity index (χ2n) is 9.34. The van der Waals surface area contributed by atoms with Gasteiger partial charge >= 0.3 is 5.97 Å². The van der Waals surface area contributed by atoms with Gasteiger partial charge in [-0.15, -0.1) is 0 Å². The van der Waals surface area contributed by atoms with E-state index < -0.39 is 33.5 Å². The van der Waals surface area contributed by atoms with E-state index in [0.717, 1.165) is 5.56 Å². The number of benzene rings is 3. The highest BCUT2D eigenvalue weighted by Crippen LogP contribution is 2.65. The third-order valence-corrected chi connectivity index (χ3v) is 7.42. The molecule has 1 aliphatic carbocycles. The van der Waals surface area contributed by atoms with Crippen LogP contribution < -0.4 is 4.90 Å². The standard InChI is InChI=1S/C30H22N4O5/c1-2-39-27(35)23-16-29(18-31,19-32)30(26(23)21-12-14-22(15-13-21)34(37)38)24-10-6-7-11-25(24)33(28(30)36)17-20-8-4-3-5-9-20/h3-16,26H,2,17H2,1H3/t26-,30+/m0/s1. The molecular formula is C30H22N4O5. The van der Waals surface area contributed by atoms with Crippen LogP contribution in [-0.2, 0) is 26.3 Å². The lowest BCUT2D eigenvalue weighted by Crippen LogP contribution is -2.52. The lowest BCUT2D eigenvalue weighted by Gasteiger charge is -2.38. The maximum Gasteiger partial charge on any atom is 0.334 e. The number of nitriles is 2. The van der Waals surface area contributed by atoms with Gasteiger partial charge in [0.25, 0.3) is 5.69 Å². The fourth-order valence-electron chi connectivity index (χ4n) is 5.83. The van der Waals surface area contributed by atoms with Gasteiger partial charge in [-0.25, -0.2) is 4.79 Å². The molecule has 0 fully saturated rings. The summed E-state index contributed by atoms with van der Waals surface area (Å²) in [6.07, 6.45) is 1.25. The largest absolute Gasteiger partial charge is 0.463 e. The van der Waals surface area contributed by atoms with Crippen molar-refractivity contribution in [1.29, 1.82) is 10.5 Å². The molecule has 3 aromatic rings. The number of carbonyl (C=O) groups is 2. The van der Waals surface area contributed by atoms with E-state index >= 15 is 0 Å². The molecule has 2 aliphatic rings. The number of anilines is 1. The molecule has 0 radical (unpaired) electrons. The molecule has 0 saturated carbocycles. The Morgan fingerprint density at radius 2 is 1.67 bits per heavy atom. The third-order valence-electron chi connectivity index (χ3n) is 7.42. The number of rotatable bonds is 6. The van der Waals surface area contributed by atoms with Gasteiger partial charge in [-0.1, -0.05) is 60.7 Å². The lowest BCUT2D eigenvalue weighted by molar-refractivity contribution is -0.384. The van der Waals surface area contributed by atoms with Crippen LogP contribution in [0.15, 0.2) is 90.5 Å². The molecule has 0 unspecified atom stereocenters. The Labute approximate surface area is 224 Å². The number of ether oxygens (including phenoxy) is 1. The third kappa shape index (κ3) is 3.59. The van der Waals surface area contributed by atoms with Gasteiger partial charge in [-0.3, -0.25) is 14.9 Å². The van der Waals surface area contributed by atoms with E-state index in [1.807, 2.05) is 30.3 Å². The lowest BCUT2D eigenvalue weighted by atomic mass is 9.57. The van der Waals surface area contributed by atoms with Crippen molar-refractivity contribution in [3.63, 3.8) is 0 Å². The van der Waals surface area contributed by atoms with Crippen molar-refractivity contribution in [3.8, 4) is 12.1 Å². The molecule has 1 aliphatic heterocycles. The molecule has 1 amide bonds. The zero-order chi connectivity index (χ0) is 27.8. The first-order chi connectivity index (χ1) is 18.8. The van der Waals surface area contributed by atoms with Gasteiger partial charge < -0.3 is 9.64 Å². The van der Waals surface area contributed by atoms with Gasteiger partial charge in [0.15, 0.2) is 5.41 Å². The molecule has 0 N–H and O–H groups in total. The number of fused-ring (bicyclic) bond motifs is 2. The fourth-order valence-corrected chi connectivity index (χ4v) is 5.83. The van der Waals surface area contributed by atoms with Gasteiger partial charge in [-0.2, -0.15) is 10.5 Å². The molecule has 3 aromatic carbocycles. The van der Waals surface area contributed by atoms with Crippen LogP contribution in [0, 0.1) is 38.2 Å². The average Bonchev–Trinajstić information content (AvgIpc) is 3.40. The van der Waals surface area contributed by atoms with E-state index in [1.54, 1.807) is 31.2 Å². The summed E-state index contributed by atoms with van der Waals surface area (Å²) < 4.78 is 5.31.